The molecule has 408 valence electrons. The number of amides is 3. The summed E-state index contributed by atoms with van der Waals surface area (Å²) in [7, 11) is -4.56. The fourth-order valence-electron chi connectivity index (χ4n) is 9.20. The van der Waals surface area contributed by atoms with E-state index in [9.17, 15) is 33.4 Å². The number of hydrogen-bond acceptors (Lipinski definition) is 11. The van der Waals surface area contributed by atoms with Crippen LogP contribution in [0.3, 0.4) is 0 Å². The molecule has 4 N–H and O–H groups in total. The highest BCUT2D eigenvalue weighted by atomic mass is 32.2. The van der Waals surface area contributed by atoms with Gasteiger partial charge in [0.15, 0.2) is 6.10 Å². The molecule has 14 nitrogen and oxygen atoms in total. The van der Waals surface area contributed by atoms with Crippen LogP contribution in [0.25, 0.3) is 0 Å². The van der Waals surface area contributed by atoms with Crippen LogP contribution in [-0.4, -0.2) is 90.1 Å². The Bertz CT molecular complexity index is 1440. The number of rotatable bonds is 49. The van der Waals surface area contributed by atoms with Crippen molar-refractivity contribution in [2.24, 2.45) is 5.92 Å². The first-order chi connectivity index (χ1) is 33.9. The first-order valence-corrected chi connectivity index (χ1v) is 30.9. The van der Waals surface area contributed by atoms with Gasteiger partial charge in [-0.15, -0.1) is 0 Å². The van der Waals surface area contributed by atoms with Crippen molar-refractivity contribution in [3.05, 3.63) is 0 Å². The number of nitrogens with one attached hydrogen (secondary N) is 3. The summed E-state index contributed by atoms with van der Waals surface area (Å²) in [6.07, 6.45) is 35.0. The Morgan fingerprint density at radius 3 is 1.80 bits per heavy atom. The normalized spacial score (nSPS) is 18.1. The third-order valence-electron chi connectivity index (χ3n) is 13.7. The highest BCUT2D eigenvalue weighted by Crippen LogP contribution is 2.43. The molecule has 0 spiro atoms. The summed E-state index contributed by atoms with van der Waals surface area (Å²) < 4.78 is 34.4. The van der Waals surface area contributed by atoms with E-state index in [-0.39, 0.29) is 68.2 Å². The Morgan fingerprint density at radius 2 is 1.19 bits per heavy atom. The van der Waals surface area contributed by atoms with Gasteiger partial charge < -0.3 is 30.3 Å². The van der Waals surface area contributed by atoms with Gasteiger partial charge in [0.1, 0.15) is 12.4 Å². The minimum atomic E-state index is -4.56. The second kappa shape index (κ2) is 42.2. The van der Waals surface area contributed by atoms with Crippen LogP contribution < -0.4 is 16.0 Å². The van der Waals surface area contributed by atoms with E-state index in [1.165, 1.54) is 109 Å². The second-order valence-corrected chi connectivity index (χ2v) is 23.0. The number of phosphoric ester groups is 1. The number of carbonyl (C=O) groups is 5. The van der Waals surface area contributed by atoms with Crippen molar-refractivity contribution in [3.63, 3.8) is 0 Å². The van der Waals surface area contributed by atoms with Gasteiger partial charge in [0.05, 0.1) is 31.2 Å². The van der Waals surface area contributed by atoms with Crippen LogP contribution in [-0.2, 0) is 42.3 Å². The Labute approximate surface area is 428 Å². The van der Waals surface area contributed by atoms with Gasteiger partial charge in [-0.05, 0) is 44.9 Å². The van der Waals surface area contributed by atoms with Crippen molar-refractivity contribution in [3.8, 4) is 0 Å². The largest absolute Gasteiger partial charge is 0.472 e. The van der Waals surface area contributed by atoms with Crippen molar-refractivity contribution < 1.29 is 52.0 Å². The van der Waals surface area contributed by atoms with Crippen molar-refractivity contribution in [1.29, 1.82) is 0 Å². The maximum Gasteiger partial charge on any atom is 0.472 e. The summed E-state index contributed by atoms with van der Waals surface area (Å²) in [6.45, 7) is 5.92. The number of urea groups is 1. The fourth-order valence-corrected chi connectivity index (χ4v) is 11.5. The van der Waals surface area contributed by atoms with E-state index in [0.717, 1.165) is 76.4 Å². The predicted octanol–water partition coefficient (Wildman–Crippen LogP) is 13.1. The molecule has 0 saturated carbocycles. The lowest BCUT2D eigenvalue weighted by Gasteiger charge is -2.21. The number of hydrogen-bond donors (Lipinski definition) is 4. The first-order valence-electron chi connectivity index (χ1n) is 28.4. The average molecular weight is 1030 g/mol. The summed E-state index contributed by atoms with van der Waals surface area (Å²) in [5, 5.41) is 9.32. The molecule has 2 aliphatic heterocycles. The number of thioether (sulfide) groups is 1. The zero-order chi connectivity index (χ0) is 50.9. The standard InChI is InChI=1S/C54H100N3O11PS/c1-4-6-8-10-12-14-16-17-19-21-23-25-29-39-51(60)68-47(42-65-53(61)45(3)34-27-24-22-20-18-15-13-11-9-7-5-2)43-67-69(63,64)66-41-33-36-46(58)35-28-26-32-40-55-50(59)38-31-30-37-49-52-48(44-70-49)56-54(62)57-52/h45,47-49,52H,4-44H2,1-3H3,(H,55,59)(H,63,64)(H2,56,57,62)/t45?,47?,48-,49?,52-/m0/s1. The van der Waals surface area contributed by atoms with Gasteiger partial charge in [-0.2, -0.15) is 11.8 Å². The van der Waals surface area contributed by atoms with Gasteiger partial charge in [-0.25, -0.2) is 9.36 Å². The van der Waals surface area contributed by atoms with Crippen LogP contribution in [0, 0.1) is 5.92 Å². The molecule has 4 unspecified atom stereocenters. The summed E-state index contributed by atoms with van der Waals surface area (Å²) in [6, 6.07) is 0.318. The molecule has 70 heavy (non-hydrogen) atoms. The number of ketones is 1. The molecule has 0 aliphatic carbocycles. The van der Waals surface area contributed by atoms with Gasteiger partial charge in [0, 0.05) is 43.2 Å². The van der Waals surface area contributed by atoms with Gasteiger partial charge in [0.25, 0.3) is 0 Å². The van der Waals surface area contributed by atoms with Gasteiger partial charge >= 0.3 is 25.8 Å². The summed E-state index contributed by atoms with van der Waals surface area (Å²) in [5.41, 5.74) is 0. The van der Waals surface area contributed by atoms with E-state index >= 15 is 0 Å². The molecule has 0 radical (unpaired) electrons. The molecule has 2 aliphatic rings. The summed E-state index contributed by atoms with van der Waals surface area (Å²) in [5.74, 6) is -0.220. The van der Waals surface area contributed by atoms with E-state index < -0.39 is 32.5 Å². The number of fused-ring (bicyclic) bond motifs is 1. The molecule has 2 saturated heterocycles. The number of ether oxygens (including phenoxy) is 2. The smallest absolute Gasteiger partial charge is 0.461 e. The van der Waals surface area contributed by atoms with E-state index in [0.29, 0.717) is 43.9 Å². The number of phosphoric acid groups is 1. The van der Waals surface area contributed by atoms with Crippen LogP contribution in [0.4, 0.5) is 4.79 Å². The SMILES string of the molecule is CCCCCCCCCCCCCCCC(=O)OC(COC(=O)C(C)CCCCCCCCCCCCC)COP(=O)(O)OCCCC(=O)CCCCCNC(=O)CCCCC1SC[C@@H]2NC(=O)N[C@H]12. The first kappa shape index (κ1) is 63.9. The Hall–Kier alpha value is -2.19. The van der Waals surface area contributed by atoms with Crippen molar-refractivity contribution in [2.45, 2.75) is 275 Å². The zero-order valence-corrected chi connectivity index (χ0v) is 46.0. The fraction of sp³-hybridized carbons (Fsp3) is 0.907. The molecule has 2 rings (SSSR count). The molecule has 16 heteroatoms. The molecule has 0 bridgehead atoms. The second-order valence-electron chi connectivity index (χ2n) is 20.2. The van der Waals surface area contributed by atoms with E-state index in [1.54, 1.807) is 0 Å². The van der Waals surface area contributed by atoms with Gasteiger partial charge in [-0.3, -0.25) is 28.2 Å². The van der Waals surface area contributed by atoms with Gasteiger partial charge in [0.2, 0.25) is 5.91 Å². The Balaban J connectivity index is 1.62. The Morgan fingerprint density at radius 1 is 0.657 bits per heavy atom. The van der Waals surface area contributed by atoms with Crippen molar-refractivity contribution in [2.75, 3.05) is 32.1 Å². The minimum absolute atomic E-state index is 0.0241. The lowest BCUT2D eigenvalue weighted by molar-refractivity contribution is -0.163. The van der Waals surface area contributed by atoms with E-state index in [2.05, 4.69) is 29.8 Å². The van der Waals surface area contributed by atoms with Crippen LogP contribution in [0.5, 0.6) is 0 Å². The van der Waals surface area contributed by atoms with Crippen molar-refractivity contribution in [1.82, 2.24) is 16.0 Å². The molecule has 0 aromatic carbocycles. The summed E-state index contributed by atoms with van der Waals surface area (Å²) in [4.78, 5) is 72.6. The van der Waals surface area contributed by atoms with Crippen LogP contribution in [0.2, 0.25) is 0 Å². The quantitative estimate of drug-likeness (QED) is 0.0195. The molecule has 2 heterocycles. The topological polar surface area (TPSA) is 196 Å². The van der Waals surface area contributed by atoms with Crippen LogP contribution in [0.15, 0.2) is 0 Å². The van der Waals surface area contributed by atoms with E-state index in [1.807, 2.05) is 18.7 Å². The number of Topliss-reactive ketones (excluding diaryl/α,β-unsaturated/α-hetero) is 1. The number of esters is 2. The van der Waals surface area contributed by atoms with Gasteiger partial charge in [-0.1, -0.05) is 181 Å². The molecule has 6 atom stereocenters. The maximum absolute atomic E-state index is 12.9. The zero-order valence-electron chi connectivity index (χ0n) is 44.3. The van der Waals surface area contributed by atoms with Crippen LogP contribution >= 0.6 is 19.6 Å². The lowest BCUT2D eigenvalue weighted by atomic mass is 10.0. The third kappa shape index (κ3) is 34.3. The molecule has 3 amide bonds. The van der Waals surface area contributed by atoms with Crippen molar-refractivity contribution >= 4 is 49.2 Å². The summed E-state index contributed by atoms with van der Waals surface area (Å²) >= 11 is 1.88. The van der Waals surface area contributed by atoms with E-state index in [4.69, 9.17) is 18.5 Å². The highest BCUT2D eigenvalue weighted by molar-refractivity contribution is 8.00. The highest BCUT2D eigenvalue weighted by Gasteiger charge is 2.42. The predicted molar refractivity (Wildman–Crippen MR) is 283 cm³/mol. The average Bonchev–Trinajstić information content (AvgIpc) is 3.90. The molecular weight excluding hydrogens is 930 g/mol. The monoisotopic (exact) mass is 1030 g/mol. The molecule has 0 aromatic rings. The third-order valence-corrected chi connectivity index (χ3v) is 16.1. The molecule has 2 fully saturated rings. The minimum Gasteiger partial charge on any atom is -0.461 e. The molecule has 0 aromatic heterocycles. The number of carbonyl (C=O) groups excluding carboxylic acids is 5. The maximum atomic E-state index is 12.9. The lowest BCUT2D eigenvalue weighted by Crippen LogP contribution is -2.36. The van der Waals surface area contributed by atoms with Crippen LogP contribution in [0.1, 0.15) is 252 Å². The number of unbranched alkanes of at least 4 members (excludes halogenated alkanes) is 25. The Kier molecular flexibility index (Phi) is 38.5. The molecular formula is C54H100N3O11PS.